The van der Waals surface area contributed by atoms with E-state index in [0.29, 0.717) is 5.39 Å². The summed E-state index contributed by atoms with van der Waals surface area (Å²) in [6.45, 7) is -0.0479. The second kappa shape index (κ2) is 5.22. The molecule has 1 N–H and O–H groups in total. The maximum atomic E-state index is 13.6. The van der Waals surface area contributed by atoms with Crippen LogP contribution < -0.4 is 0 Å². The van der Waals surface area contributed by atoms with Gasteiger partial charge in [0.1, 0.15) is 0 Å². The van der Waals surface area contributed by atoms with Crippen molar-refractivity contribution >= 4 is 10.8 Å². The molecule has 1 nitrogen and oxygen atoms in total. The molecule has 0 radical (unpaired) electrons. The van der Waals surface area contributed by atoms with Crippen LogP contribution in [0, 0.1) is 17.5 Å². The summed E-state index contributed by atoms with van der Waals surface area (Å²) in [4.78, 5) is 0. The first kappa shape index (κ1) is 13.6. The first-order chi connectivity index (χ1) is 10.1. The van der Waals surface area contributed by atoms with Crippen LogP contribution in [0.25, 0.3) is 21.9 Å². The largest absolute Gasteiger partial charge is 0.392 e. The first-order valence-electron chi connectivity index (χ1n) is 6.37. The van der Waals surface area contributed by atoms with Gasteiger partial charge in [-0.3, -0.25) is 0 Å². The van der Waals surface area contributed by atoms with Gasteiger partial charge in [0, 0.05) is 5.39 Å². The second-order valence-electron chi connectivity index (χ2n) is 4.78. The summed E-state index contributed by atoms with van der Waals surface area (Å²) in [7, 11) is 0. The van der Waals surface area contributed by atoms with Crippen LogP contribution in [0.1, 0.15) is 5.56 Å². The molecule has 0 heterocycles. The zero-order chi connectivity index (χ0) is 15.0. The third-order valence-electron chi connectivity index (χ3n) is 3.44. The summed E-state index contributed by atoms with van der Waals surface area (Å²) in [5.74, 6) is -3.83. The summed E-state index contributed by atoms with van der Waals surface area (Å²) >= 11 is 0. The Kier molecular flexibility index (Phi) is 3.39. The molecule has 0 bridgehead atoms. The highest BCUT2D eigenvalue weighted by molar-refractivity contribution is 5.88. The van der Waals surface area contributed by atoms with Crippen molar-refractivity contribution in [3.63, 3.8) is 0 Å². The quantitative estimate of drug-likeness (QED) is 0.692. The lowest BCUT2D eigenvalue weighted by atomic mass is 10.00. The van der Waals surface area contributed by atoms with Crippen LogP contribution in [0.2, 0.25) is 0 Å². The van der Waals surface area contributed by atoms with E-state index in [1.807, 2.05) is 12.1 Å². The molecule has 0 aliphatic rings. The van der Waals surface area contributed by atoms with E-state index in [2.05, 4.69) is 0 Å². The lowest BCUT2D eigenvalue weighted by Gasteiger charge is -2.07. The molecular weight excluding hydrogens is 277 g/mol. The maximum absolute atomic E-state index is 13.6. The van der Waals surface area contributed by atoms with Crippen LogP contribution in [0.3, 0.4) is 0 Å². The molecular formula is C17H11F3O. The summed E-state index contributed by atoms with van der Waals surface area (Å²) in [5.41, 5.74) is 2.38. The van der Waals surface area contributed by atoms with Crippen LogP contribution in [0.5, 0.6) is 0 Å². The monoisotopic (exact) mass is 288 g/mol. The molecule has 0 aromatic heterocycles. The van der Waals surface area contributed by atoms with Gasteiger partial charge in [0.25, 0.3) is 0 Å². The highest BCUT2D eigenvalue weighted by atomic mass is 19.2. The molecule has 0 amide bonds. The molecule has 0 atom stereocenters. The fourth-order valence-corrected chi connectivity index (χ4v) is 2.29. The Morgan fingerprint density at radius 1 is 0.762 bits per heavy atom. The molecule has 106 valence electrons. The van der Waals surface area contributed by atoms with E-state index in [9.17, 15) is 13.2 Å². The molecule has 0 fully saturated rings. The molecule has 3 aromatic rings. The van der Waals surface area contributed by atoms with Gasteiger partial charge in [-0.2, -0.15) is 0 Å². The molecule has 21 heavy (non-hydrogen) atoms. The number of aliphatic hydroxyl groups excluding tert-OH is 1. The highest BCUT2D eigenvalue weighted by Crippen LogP contribution is 2.28. The molecule has 4 heteroatoms. The number of fused-ring (bicyclic) bond motifs is 1. The predicted molar refractivity (Wildman–Crippen MR) is 75.2 cm³/mol. The number of hydrogen-bond acceptors (Lipinski definition) is 1. The van der Waals surface area contributed by atoms with Gasteiger partial charge in [0.15, 0.2) is 17.5 Å². The molecule has 3 rings (SSSR count). The van der Waals surface area contributed by atoms with Crippen molar-refractivity contribution in [2.75, 3.05) is 0 Å². The maximum Gasteiger partial charge on any atom is 0.195 e. The van der Waals surface area contributed by atoms with Crippen molar-refractivity contribution in [2.24, 2.45) is 0 Å². The number of benzene rings is 3. The fourth-order valence-electron chi connectivity index (χ4n) is 2.29. The number of aliphatic hydroxyl groups is 1. The number of rotatable bonds is 2. The molecule has 0 aliphatic heterocycles. The summed E-state index contributed by atoms with van der Waals surface area (Å²) in [6.07, 6.45) is 0. The molecule has 3 aromatic carbocycles. The van der Waals surface area contributed by atoms with Gasteiger partial charge in [-0.1, -0.05) is 36.4 Å². The average molecular weight is 288 g/mol. The van der Waals surface area contributed by atoms with Crippen LogP contribution in [-0.2, 0) is 6.61 Å². The fraction of sp³-hybridized carbons (Fsp3) is 0.0588. The smallest absolute Gasteiger partial charge is 0.195 e. The predicted octanol–water partition coefficient (Wildman–Crippen LogP) is 4.42. The Hall–Kier alpha value is -2.33. The van der Waals surface area contributed by atoms with Gasteiger partial charge in [-0.15, -0.1) is 0 Å². The minimum absolute atomic E-state index is 0.0460. The Bertz CT molecular complexity index is 810. The topological polar surface area (TPSA) is 20.2 Å². The van der Waals surface area contributed by atoms with Gasteiger partial charge >= 0.3 is 0 Å². The summed E-state index contributed by atoms with van der Waals surface area (Å²) in [5, 5.41) is 9.36. The highest BCUT2D eigenvalue weighted by Gasteiger charge is 2.13. The van der Waals surface area contributed by atoms with E-state index in [0.717, 1.165) is 22.8 Å². The lowest BCUT2D eigenvalue weighted by Crippen LogP contribution is -1.92. The first-order valence-corrected chi connectivity index (χ1v) is 6.37. The van der Waals surface area contributed by atoms with E-state index in [4.69, 9.17) is 5.11 Å². The molecule has 0 aliphatic carbocycles. The van der Waals surface area contributed by atoms with E-state index in [-0.39, 0.29) is 12.0 Å². The second-order valence-corrected chi connectivity index (χ2v) is 4.78. The van der Waals surface area contributed by atoms with Crippen LogP contribution >= 0.6 is 0 Å². The average Bonchev–Trinajstić information content (AvgIpc) is 2.52. The molecule has 0 saturated heterocycles. The minimum atomic E-state index is -1.46. The van der Waals surface area contributed by atoms with Gasteiger partial charge in [-0.25, -0.2) is 13.2 Å². The zero-order valence-corrected chi connectivity index (χ0v) is 10.9. The van der Waals surface area contributed by atoms with Crippen molar-refractivity contribution in [1.82, 2.24) is 0 Å². The Balaban J connectivity index is 2.14. The van der Waals surface area contributed by atoms with Crippen molar-refractivity contribution in [2.45, 2.75) is 6.61 Å². The zero-order valence-electron chi connectivity index (χ0n) is 10.9. The van der Waals surface area contributed by atoms with Crippen molar-refractivity contribution < 1.29 is 18.3 Å². The van der Waals surface area contributed by atoms with E-state index in [1.165, 1.54) is 6.07 Å². The van der Waals surface area contributed by atoms with Crippen LogP contribution in [0.15, 0.2) is 48.5 Å². The van der Waals surface area contributed by atoms with E-state index >= 15 is 0 Å². The Morgan fingerprint density at radius 2 is 1.43 bits per heavy atom. The minimum Gasteiger partial charge on any atom is -0.392 e. The normalized spacial score (nSPS) is 11.0. The van der Waals surface area contributed by atoms with E-state index < -0.39 is 17.5 Å². The molecule has 0 spiro atoms. The molecule has 0 saturated carbocycles. The lowest BCUT2D eigenvalue weighted by molar-refractivity contribution is 0.282. The Labute approximate surface area is 119 Å². The van der Waals surface area contributed by atoms with Gasteiger partial charge in [0.2, 0.25) is 0 Å². The number of hydrogen-bond donors (Lipinski definition) is 1. The Morgan fingerprint density at radius 3 is 2.10 bits per heavy atom. The van der Waals surface area contributed by atoms with Gasteiger partial charge < -0.3 is 5.11 Å². The van der Waals surface area contributed by atoms with Crippen LogP contribution in [0.4, 0.5) is 13.2 Å². The van der Waals surface area contributed by atoms with Crippen molar-refractivity contribution in [3.05, 3.63) is 71.5 Å². The molecule has 0 unspecified atom stereocenters. The third-order valence-corrected chi connectivity index (χ3v) is 3.44. The van der Waals surface area contributed by atoms with Crippen molar-refractivity contribution in [1.29, 1.82) is 0 Å². The number of halogens is 3. The van der Waals surface area contributed by atoms with Crippen LogP contribution in [-0.4, -0.2) is 5.11 Å². The van der Waals surface area contributed by atoms with Gasteiger partial charge in [-0.05, 0) is 34.2 Å². The van der Waals surface area contributed by atoms with Crippen molar-refractivity contribution in [3.8, 4) is 11.1 Å². The third kappa shape index (κ3) is 2.38. The summed E-state index contributed by atoms with van der Waals surface area (Å²) < 4.78 is 40.1. The SMILES string of the molecule is OCc1ccc(-c2ccc3c(F)c(F)c(F)cc3c2)cc1. The van der Waals surface area contributed by atoms with Gasteiger partial charge in [0.05, 0.1) is 6.61 Å². The summed E-state index contributed by atoms with van der Waals surface area (Å²) in [6, 6.07) is 12.8. The standard InChI is InChI=1S/C17H11F3O/c18-15-8-13-7-12(5-6-14(13)16(19)17(15)20)11-3-1-10(9-21)2-4-11/h1-8,21H,9H2. The van der Waals surface area contributed by atoms with E-state index in [1.54, 1.807) is 24.3 Å².